The quantitative estimate of drug-likeness (QED) is 0.785. The molecule has 1 atom stereocenters. The van der Waals surface area contributed by atoms with Crippen LogP contribution in [0.4, 0.5) is 5.69 Å². The predicted molar refractivity (Wildman–Crippen MR) is 107 cm³/mol. The first kappa shape index (κ1) is 19.5. The van der Waals surface area contributed by atoms with E-state index in [0.717, 1.165) is 11.3 Å². The number of anilines is 1. The highest BCUT2D eigenvalue weighted by atomic mass is 35.5. The lowest BCUT2D eigenvalue weighted by Gasteiger charge is -2.30. The third-order valence-corrected chi connectivity index (χ3v) is 8.27. The summed E-state index contributed by atoms with van der Waals surface area (Å²) in [6.45, 7) is 1.51. The van der Waals surface area contributed by atoms with Crippen molar-refractivity contribution in [3.8, 4) is 11.5 Å². The summed E-state index contributed by atoms with van der Waals surface area (Å²) in [5.41, 5.74) is 0.597. The van der Waals surface area contributed by atoms with Gasteiger partial charge in [0.25, 0.3) is 10.0 Å². The van der Waals surface area contributed by atoms with Crippen molar-refractivity contribution in [1.82, 2.24) is 4.31 Å². The van der Waals surface area contributed by atoms with E-state index in [4.69, 9.17) is 21.1 Å². The second-order valence-electron chi connectivity index (χ2n) is 6.61. The van der Waals surface area contributed by atoms with Crippen LogP contribution in [0.1, 0.15) is 12.8 Å². The van der Waals surface area contributed by atoms with Gasteiger partial charge >= 0.3 is 0 Å². The number of carbonyl (C=O) groups is 1. The fraction of sp³-hybridized carbons (Fsp3) is 0.389. The Morgan fingerprint density at radius 1 is 1.18 bits per heavy atom. The second-order valence-corrected chi connectivity index (χ2v) is 10.5. The van der Waals surface area contributed by atoms with Gasteiger partial charge in [0.05, 0.1) is 10.3 Å². The van der Waals surface area contributed by atoms with E-state index in [1.165, 1.54) is 10.4 Å². The standard InChI is InChI=1S/C18H19ClN2O5S2/c19-16-5-6-17(27-16)28(23,24)21-7-1-2-12(11-21)18(22)20-13-3-4-14-15(10-13)26-9-8-25-14/h3-6,10,12H,1-2,7-9,11H2,(H,20,22)/t12-/m0/s1. The van der Waals surface area contributed by atoms with E-state index >= 15 is 0 Å². The third-order valence-electron chi connectivity index (χ3n) is 4.71. The van der Waals surface area contributed by atoms with Crippen LogP contribution in [0.3, 0.4) is 0 Å². The summed E-state index contributed by atoms with van der Waals surface area (Å²) in [5.74, 6) is 0.605. The Bertz CT molecular complexity index is 992. The zero-order valence-electron chi connectivity index (χ0n) is 14.9. The number of hydrogen-bond donors (Lipinski definition) is 1. The van der Waals surface area contributed by atoms with Gasteiger partial charge < -0.3 is 14.8 Å². The molecule has 2 aliphatic rings. The molecule has 0 radical (unpaired) electrons. The molecule has 7 nitrogen and oxygen atoms in total. The first-order valence-electron chi connectivity index (χ1n) is 8.89. The van der Waals surface area contributed by atoms with Crippen molar-refractivity contribution >= 4 is 44.6 Å². The Balaban J connectivity index is 1.45. The van der Waals surface area contributed by atoms with E-state index in [0.29, 0.717) is 54.1 Å². The highest BCUT2D eigenvalue weighted by Crippen LogP contribution is 2.34. The molecule has 4 rings (SSSR count). The minimum atomic E-state index is -3.64. The number of carbonyl (C=O) groups excluding carboxylic acids is 1. The van der Waals surface area contributed by atoms with Crippen LogP contribution in [0.15, 0.2) is 34.5 Å². The first-order valence-corrected chi connectivity index (χ1v) is 11.5. The average molecular weight is 443 g/mol. The zero-order valence-corrected chi connectivity index (χ0v) is 17.3. The van der Waals surface area contributed by atoms with E-state index < -0.39 is 15.9 Å². The smallest absolute Gasteiger partial charge is 0.252 e. The van der Waals surface area contributed by atoms with Gasteiger partial charge in [-0.3, -0.25) is 4.79 Å². The minimum absolute atomic E-state index is 0.147. The Labute approximate surface area is 172 Å². The van der Waals surface area contributed by atoms with Crippen LogP contribution in [0.2, 0.25) is 4.34 Å². The summed E-state index contributed by atoms with van der Waals surface area (Å²) in [5, 5.41) is 2.86. The molecule has 2 aromatic rings. The monoisotopic (exact) mass is 442 g/mol. The van der Waals surface area contributed by atoms with Gasteiger partial charge in [-0.25, -0.2) is 8.42 Å². The molecule has 2 aliphatic heterocycles. The molecule has 3 heterocycles. The van der Waals surface area contributed by atoms with Gasteiger partial charge in [0, 0.05) is 24.8 Å². The Morgan fingerprint density at radius 3 is 2.71 bits per heavy atom. The van der Waals surface area contributed by atoms with Crippen molar-refractivity contribution < 1.29 is 22.7 Å². The van der Waals surface area contributed by atoms with Crippen LogP contribution in [-0.2, 0) is 14.8 Å². The number of hydrogen-bond acceptors (Lipinski definition) is 6. The Hall–Kier alpha value is -1.81. The largest absolute Gasteiger partial charge is 0.486 e. The number of amides is 1. The summed E-state index contributed by atoms with van der Waals surface area (Å²) >= 11 is 6.90. The second kappa shape index (κ2) is 7.90. The summed E-state index contributed by atoms with van der Waals surface area (Å²) in [7, 11) is -3.64. The van der Waals surface area contributed by atoms with E-state index in [-0.39, 0.29) is 16.7 Å². The molecule has 0 saturated carbocycles. The summed E-state index contributed by atoms with van der Waals surface area (Å²) in [6.07, 6.45) is 1.26. The number of piperidine rings is 1. The predicted octanol–water partition coefficient (Wildman–Crippen LogP) is 3.21. The van der Waals surface area contributed by atoms with Crippen molar-refractivity contribution in [2.45, 2.75) is 17.1 Å². The summed E-state index contributed by atoms with van der Waals surface area (Å²) in [6, 6.07) is 8.28. The average Bonchev–Trinajstić information content (AvgIpc) is 3.15. The molecule has 1 N–H and O–H groups in total. The molecular weight excluding hydrogens is 424 g/mol. The van der Waals surface area contributed by atoms with E-state index in [9.17, 15) is 13.2 Å². The lowest BCUT2D eigenvalue weighted by molar-refractivity contribution is -0.120. The van der Waals surface area contributed by atoms with Crippen molar-refractivity contribution in [1.29, 1.82) is 0 Å². The highest BCUT2D eigenvalue weighted by molar-refractivity contribution is 7.91. The van der Waals surface area contributed by atoms with Gasteiger partial charge in [-0.2, -0.15) is 4.31 Å². The number of nitrogens with zero attached hydrogens (tertiary/aromatic N) is 1. The maximum atomic E-state index is 12.8. The lowest BCUT2D eigenvalue weighted by Crippen LogP contribution is -2.43. The van der Waals surface area contributed by atoms with Crippen molar-refractivity contribution in [2.75, 3.05) is 31.6 Å². The SMILES string of the molecule is O=C(Nc1ccc2c(c1)OCCO2)[C@H]1CCCN(S(=O)(=O)c2ccc(Cl)s2)C1. The van der Waals surface area contributed by atoms with Crippen LogP contribution >= 0.6 is 22.9 Å². The van der Waals surface area contributed by atoms with Gasteiger partial charge in [-0.15, -0.1) is 11.3 Å². The van der Waals surface area contributed by atoms with E-state index in [1.54, 1.807) is 24.3 Å². The number of halogens is 1. The van der Waals surface area contributed by atoms with Crippen LogP contribution in [0, 0.1) is 5.92 Å². The topological polar surface area (TPSA) is 84.9 Å². The molecule has 1 saturated heterocycles. The fourth-order valence-electron chi connectivity index (χ4n) is 3.30. The maximum absolute atomic E-state index is 12.8. The highest BCUT2D eigenvalue weighted by Gasteiger charge is 2.34. The Morgan fingerprint density at radius 2 is 1.96 bits per heavy atom. The lowest BCUT2D eigenvalue weighted by atomic mass is 9.98. The van der Waals surface area contributed by atoms with Crippen molar-refractivity contribution in [3.05, 3.63) is 34.7 Å². The Kier molecular flexibility index (Phi) is 5.50. The van der Waals surface area contributed by atoms with Gasteiger partial charge in [0.15, 0.2) is 11.5 Å². The number of thiophene rings is 1. The van der Waals surface area contributed by atoms with Crippen molar-refractivity contribution in [3.63, 3.8) is 0 Å². The fourth-order valence-corrected chi connectivity index (χ4v) is 6.46. The number of benzene rings is 1. The first-order chi connectivity index (χ1) is 13.4. The maximum Gasteiger partial charge on any atom is 0.252 e. The molecule has 0 bridgehead atoms. The molecule has 150 valence electrons. The van der Waals surface area contributed by atoms with Gasteiger partial charge in [0.2, 0.25) is 5.91 Å². The number of ether oxygens (including phenoxy) is 2. The number of rotatable bonds is 4. The minimum Gasteiger partial charge on any atom is -0.486 e. The molecule has 0 unspecified atom stereocenters. The van der Waals surface area contributed by atoms with Crippen LogP contribution < -0.4 is 14.8 Å². The number of fused-ring (bicyclic) bond motifs is 1. The summed E-state index contributed by atoms with van der Waals surface area (Å²) < 4.78 is 38.6. The van der Waals surface area contributed by atoms with Crippen LogP contribution in [0.5, 0.6) is 11.5 Å². The molecule has 0 aliphatic carbocycles. The van der Waals surface area contributed by atoms with E-state index in [1.807, 2.05) is 0 Å². The summed E-state index contributed by atoms with van der Waals surface area (Å²) in [4.78, 5) is 12.7. The van der Waals surface area contributed by atoms with Gasteiger partial charge in [0.1, 0.15) is 17.4 Å². The molecule has 0 spiro atoms. The molecule has 1 aromatic carbocycles. The van der Waals surface area contributed by atoms with Crippen LogP contribution in [0.25, 0.3) is 0 Å². The number of nitrogens with one attached hydrogen (secondary N) is 1. The molecular formula is C18H19ClN2O5S2. The number of sulfonamides is 1. The molecule has 28 heavy (non-hydrogen) atoms. The molecule has 1 aromatic heterocycles. The van der Waals surface area contributed by atoms with Crippen LogP contribution in [-0.4, -0.2) is 44.9 Å². The van der Waals surface area contributed by atoms with Gasteiger partial charge in [-0.05, 0) is 37.1 Å². The molecule has 10 heteroatoms. The van der Waals surface area contributed by atoms with E-state index in [2.05, 4.69) is 5.32 Å². The van der Waals surface area contributed by atoms with Gasteiger partial charge in [-0.1, -0.05) is 11.6 Å². The molecule has 1 amide bonds. The molecule has 1 fully saturated rings. The normalized spacial score (nSPS) is 20.0. The van der Waals surface area contributed by atoms with Crippen molar-refractivity contribution in [2.24, 2.45) is 5.92 Å². The third kappa shape index (κ3) is 3.98. The zero-order chi connectivity index (χ0) is 19.7.